The Morgan fingerprint density at radius 3 is 2.26 bits per heavy atom. The van der Waals surface area contributed by atoms with Crippen molar-refractivity contribution in [2.45, 2.75) is 63.2 Å². The lowest BCUT2D eigenvalue weighted by molar-refractivity contribution is 0.397. The van der Waals surface area contributed by atoms with Gasteiger partial charge in [0.2, 0.25) is 0 Å². The van der Waals surface area contributed by atoms with Gasteiger partial charge in [-0.05, 0) is 36.6 Å². The highest BCUT2D eigenvalue weighted by molar-refractivity contribution is 7.86. The summed E-state index contributed by atoms with van der Waals surface area (Å²) >= 11 is 0. The molecule has 0 aromatic heterocycles. The average molecular weight is 393 g/mol. The van der Waals surface area contributed by atoms with Crippen molar-refractivity contribution in [3.05, 3.63) is 48.0 Å². The van der Waals surface area contributed by atoms with Crippen LogP contribution < -0.4 is 4.74 Å². The quantitative estimate of drug-likeness (QED) is 0.377. The Bertz CT molecular complexity index is 830. The largest absolute Gasteiger partial charge is 0.504 e. The van der Waals surface area contributed by atoms with Crippen LogP contribution in [0.3, 0.4) is 0 Å². The Labute approximate surface area is 161 Å². The smallest absolute Gasteiger partial charge is 0.298 e. The summed E-state index contributed by atoms with van der Waals surface area (Å²) in [6.07, 6.45) is 8.98. The minimum Gasteiger partial charge on any atom is -0.504 e. The maximum atomic E-state index is 11.5. The molecule has 6 heteroatoms. The van der Waals surface area contributed by atoms with Crippen LogP contribution in [0.5, 0.6) is 17.2 Å². The molecule has 0 atom stereocenters. The Balaban J connectivity index is 2.08. The fourth-order valence-corrected chi connectivity index (χ4v) is 3.63. The zero-order valence-corrected chi connectivity index (χ0v) is 16.5. The molecule has 0 unspecified atom stereocenters. The van der Waals surface area contributed by atoms with Crippen LogP contribution in [0.4, 0.5) is 0 Å². The first-order valence-corrected chi connectivity index (χ1v) is 10.9. The van der Waals surface area contributed by atoms with E-state index in [2.05, 4.69) is 6.92 Å². The normalized spacial score (nSPS) is 11.5. The predicted octanol–water partition coefficient (Wildman–Crippen LogP) is 5.72. The summed E-state index contributed by atoms with van der Waals surface area (Å²) in [6, 6.07) is 10.9. The summed E-state index contributed by atoms with van der Waals surface area (Å²) in [5, 5.41) is 10.2. The number of benzene rings is 2. The molecule has 0 heterocycles. The zero-order chi connectivity index (χ0) is 19.7. The summed E-state index contributed by atoms with van der Waals surface area (Å²) in [5.74, 6) is 0.169. The molecular formula is C21H28O5S. The second kappa shape index (κ2) is 10.3. The van der Waals surface area contributed by atoms with Crippen LogP contribution in [0.15, 0.2) is 47.4 Å². The number of phenols is 1. The van der Waals surface area contributed by atoms with Crippen LogP contribution in [0.25, 0.3) is 0 Å². The number of hydrogen-bond acceptors (Lipinski definition) is 4. The second-order valence-electron chi connectivity index (χ2n) is 6.66. The van der Waals surface area contributed by atoms with E-state index in [0.717, 1.165) is 24.8 Å². The van der Waals surface area contributed by atoms with Gasteiger partial charge in [0.1, 0.15) is 10.6 Å². The number of rotatable bonds is 11. The molecule has 0 saturated carbocycles. The summed E-state index contributed by atoms with van der Waals surface area (Å²) in [5.41, 5.74) is 0.814. The highest BCUT2D eigenvalue weighted by Gasteiger charge is 2.19. The van der Waals surface area contributed by atoms with Gasteiger partial charge < -0.3 is 9.84 Å². The zero-order valence-electron chi connectivity index (χ0n) is 15.7. The maximum Gasteiger partial charge on any atom is 0.298 e. The van der Waals surface area contributed by atoms with Crippen molar-refractivity contribution in [1.82, 2.24) is 0 Å². The lowest BCUT2D eigenvalue weighted by atomic mass is 10.0. The number of aromatic hydroxyl groups is 1. The molecule has 5 nitrogen and oxygen atoms in total. The minimum absolute atomic E-state index is 0.0117. The third kappa shape index (κ3) is 6.56. The van der Waals surface area contributed by atoms with E-state index in [9.17, 15) is 18.1 Å². The van der Waals surface area contributed by atoms with Crippen molar-refractivity contribution < 1.29 is 22.8 Å². The SMILES string of the molecule is CCCCCCCCCc1cccc(O)c1Oc1ccccc1S(=O)(=O)O. The fraction of sp³-hybridized carbons (Fsp3) is 0.429. The van der Waals surface area contributed by atoms with Crippen LogP contribution in [0.1, 0.15) is 57.4 Å². The van der Waals surface area contributed by atoms with E-state index in [1.54, 1.807) is 12.1 Å². The van der Waals surface area contributed by atoms with Gasteiger partial charge >= 0.3 is 0 Å². The van der Waals surface area contributed by atoms with Gasteiger partial charge in [0, 0.05) is 0 Å². The number of ether oxygens (including phenoxy) is 1. The molecule has 0 fully saturated rings. The van der Waals surface area contributed by atoms with E-state index in [4.69, 9.17) is 4.74 Å². The van der Waals surface area contributed by atoms with E-state index in [-0.39, 0.29) is 22.1 Å². The minimum atomic E-state index is -4.42. The third-order valence-corrected chi connectivity index (χ3v) is 5.36. The molecule has 0 aliphatic rings. The van der Waals surface area contributed by atoms with E-state index < -0.39 is 10.1 Å². The van der Waals surface area contributed by atoms with Gasteiger partial charge in [-0.15, -0.1) is 0 Å². The van der Waals surface area contributed by atoms with Gasteiger partial charge in [-0.2, -0.15) is 8.42 Å². The van der Waals surface area contributed by atoms with Crippen molar-refractivity contribution in [2.75, 3.05) is 0 Å². The number of unbranched alkanes of at least 4 members (excludes halogenated alkanes) is 6. The van der Waals surface area contributed by atoms with Crippen molar-refractivity contribution >= 4 is 10.1 Å². The molecule has 0 spiro atoms. The number of phenolic OH excluding ortho intramolecular Hbond substituents is 1. The summed E-state index contributed by atoms with van der Waals surface area (Å²) in [4.78, 5) is -0.324. The number of para-hydroxylation sites is 2. The summed E-state index contributed by atoms with van der Waals surface area (Å²) < 4.78 is 38.2. The molecule has 2 rings (SSSR count). The molecule has 0 radical (unpaired) electrons. The molecule has 0 saturated heterocycles. The lowest BCUT2D eigenvalue weighted by Gasteiger charge is -2.14. The lowest BCUT2D eigenvalue weighted by Crippen LogP contribution is -2.02. The topological polar surface area (TPSA) is 83.8 Å². The van der Waals surface area contributed by atoms with Crippen molar-refractivity contribution in [3.8, 4) is 17.2 Å². The van der Waals surface area contributed by atoms with Gasteiger partial charge in [0.05, 0.1) is 0 Å². The van der Waals surface area contributed by atoms with E-state index >= 15 is 0 Å². The fourth-order valence-electron chi connectivity index (χ4n) is 3.02. The Morgan fingerprint density at radius 2 is 1.56 bits per heavy atom. The molecule has 0 amide bonds. The van der Waals surface area contributed by atoms with Crippen molar-refractivity contribution in [3.63, 3.8) is 0 Å². The maximum absolute atomic E-state index is 11.5. The van der Waals surface area contributed by atoms with Gasteiger partial charge in [0.25, 0.3) is 10.1 Å². The van der Waals surface area contributed by atoms with Crippen molar-refractivity contribution in [1.29, 1.82) is 0 Å². The molecule has 0 bridgehead atoms. The van der Waals surface area contributed by atoms with Crippen LogP contribution in [-0.4, -0.2) is 18.1 Å². The monoisotopic (exact) mass is 392 g/mol. The van der Waals surface area contributed by atoms with Crippen LogP contribution >= 0.6 is 0 Å². The highest BCUT2D eigenvalue weighted by Crippen LogP contribution is 2.37. The van der Waals surface area contributed by atoms with Gasteiger partial charge in [-0.1, -0.05) is 69.7 Å². The second-order valence-corrected chi connectivity index (χ2v) is 8.05. The Hall–Kier alpha value is -2.05. The van der Waals surface area contributed by atoms with Crippen LogP contribution in [0, 0.1) is 0 Å². The van der Waals surface area contributed by atoms with Crippen molar-refractivity contribution in [2.24, 2.45) is 0 Å². The third-order valence-electron chi connectivity index (χ3n) is 4.46. The average Bonchev–Trinajstić information content (AvgIpc) is 2.63. The molecule has 148 valence electrons. The van der Waals surface area contributed by atoms with Crippen LogP contribution in [0.2, 0.25) is 0 Å². The summed E-state index contributed by atoms with van der Waals surface area (Å²) in [7, 11) is -4.42. The number of aryl methyl sites for hydroxylation is 1. The van der Waals surface area contributed by atoms with E-state index in [1.807, 2.05) is 6.07 Å². The van der Waals surface area contributed by atoms with Gasteiger partial charge in [-0.25, -0.2) is 0 Å². The van der Waals surface area contributed by atoms with Crippen LogP contribution in [-0.2, 0) is 16.5 Å². The van der Waals surface area contributed by atoms with Gasteiger partial charge in [-0.3, -0.25) is 4.55 Å². The molecule has 0 aliphatic carbocycles. The first-order valence-electron chi connectivity index (χ1n) is 9.48. The van der Waals surface area contributed by atoms with E-state index in [1.165, 1.54) is 56.4 Å². The molecule has 27 heavy (non-hydrogen) atoms. The molecule has 2 aromatic carbocycles. The molecule has 2 N–H and O–H groups in total. The molecule has 0 aliphatic heterocycles. The summed E-state index contributed by atoms with van der Waals surface area (Å²) in [6.45, 7) is 2.20. The first-order chi connectivity index (χ1) is 12.9. The Morgan fingerprint density at radius 1 is 0.889 bits per heavy atom. The van der Waals surface area contributed by atoms with E-state index in [0.29, 0.717) is 0 Å². The number of hydrogen-bond donors (Lipinski definition) is 2. The first kappa shape index (κ1) is 21.3. The highest BCUT2D eigenvalue weighted by atomic mass is 32.2. The predicted molar refractivity (Wildman–Crippen MR) is 106 cm³/mol. The molecule has 2 aromatic rings. The Kier molecular flexibility index (Phi) is 8.13. The molecular weight excluding hydrogens is 364 g/mol. The standard InChI is InChI=1S/C21H28O5S/c1-2-3-4-5-6-7-8-12-17-13-11-14-18(22)21(17)26-19-15-9-10-16-20(19)27(23,24)25/h9-11,13-16,22H,2-8,12H2,1H3,(H,23,24,25). The van der Waals surface area contributed by atoms with Gasteiger partial charge in [0.15, 0.2) is 11.5 Å².